The lowest BCUT2D eigenvalue weighted by molar-refractivity contribution is -0.114. The lowest BCUT2D eigenvalue weighted by atomic mass is 10.0. The molecule has 0 saturated heterocycles. The van der Waals surface area contributed by atoms with Crippen LogP contribution in [0.4, 0.5) is 0 Å². The predicted molar refractivity (Wildman–Crippen MR) is 77.7 cm³/mol. The molecule has 0 atom stereocenters. The molecule has 106 valence electrons. The summed E-state index contributed by atoms with van der Waals surface area (Å²) < 4.78 is 5.25. The van der Waals surface area contributed by atoms with Crippen molar-refractivity contribution in [3.05, 3.63) is 47.5 Å². The van der Waals surface area contributed by atoms with Crippen molar-refractivity contribution in [1.82, 2.24) is 0 Å². The highest BCUT2D eigenvalue weighted by molar-refractivity contribution is 5.91. The van der Waals surface area contributed by atoms with Crippen LogP contribution in [-0.4, -0.2) is 18.4 Å². The Morgan fingerprint density at radius 2 is 1.75 bits per heavy atom. The van der Waals surface area contributed by atoms with Crippen LogP contribution in [0.1, 0.15) is 48.0 Å². The Kier molecular flexibility index (Phi) is 5.54. The van der Waals surface area contributed by atoms with Gasteiger partial charge in [-0.05, 0) is 43.4 Å². The van der Waals surface area contributed by atoms with Gasteiger partial charge in [0.15, 0.2) is 5.78 Å². The summed E-state index contributed by atoms with van der Waals surface area (Å²) in [5, 5.41) is 0. The third-order valence-electron chi connectivity index (χ3n) is 3.43. The number of aryl methyl sites for hydroxylation is 1. The van der Waals surface area contributed by atoms with Crippen molar-refractivity contribution in [3.8, 4) is 0 Å². The molecule has 20 heavy (non-hydrogen) atoms. The minimum absolute atomic E-state index is 0.161. The molecule has 0 unspecified atom stereocenters. The number of esters is 1. The summed E-state index contributed by atoms with van der Waals surface area (Å²) in [7, 11) is 0. The Bertz CT molecular complexity index is 503. The molecule has 3 nitrogen and oxygen atoms in total. The fraction of sp³-hybridized carbons (Fsp3) is 0.412. The van der Waals surface area contributed by atoms with Crippen LogP contribution in [0, 0.1) is 0 Å². The molecule has 3 heteroatoms. The molecule has 0 saturated carbocycles. The van der Waals surface area contributed by atoms with Crippen molar-refractivity contribution in [3.63, 3.8) is 0 Å². The second-order valence-electron chi connectivity index (χ2n) is 5.01. The van der Waals surface area contributed by atoms with Crippen molar-refractivity contribution < 1.29 is 14.3 Å². The topological polar surface area (TPSA) is 43.4 Å². The van der Waals surface area contributed by atoms with E-state index in [-0.39, 0.29) is 11.8 Å². The Morgan fingerprint density at radius 1 is 0.950 bits per heavy atom. The third kappa shape index (κ3) is 4.34. The van der Waals surface area contributed by atoms with E-state index in [1.165, 1.54) is 0 Å². The molecule has 1 aromatic rings. The van der Waals surface area contributed by atoms with Crippen LogP contribution in [-0.2, 0) is 16.0 Å². The van der Waals surface area contributed by atoms with Crippen LogP contribution < -0.4 is 0 Å². The number of rotatable bonds is 0. The molecule has 1 aliphatic heterocycles. The smallest absolute Gasteiger partial charge is 0.338 e. The van der Waals surface area contributed by atoms with Gasteiger partial charge in [-0.15, -0.1) is 0 Å². The second kappa shape index (κ2) is 7.63. The van der Waals surface area contributed by atoms with E-state index in [4.69, 9.17) is 4.74 Å². The highest BCUT2D eigenvalue weighted by Gasteiger charge is 2.12. The first kappa shape index (κ1) is 14.5. The summed E-state index contributed by atoms with van der Waals surface area (Å²) in [5.41, 5.74) is 1.71. The number of cyclic esters (lactones) is 1. The number of fused-ring (bicyclic) bond motifs is 1. The van der Waals surface area contributed by atoms with Gasteiger partial charge in [0.2, 0.25) is 0 Å². The van der Waals surface area contributed by atoms with Crippen LogP contribution >= 0.6 is 0 Å². The Morgan fingerprint density at radius 3 is 2.65 bits per heavy atom. The van der Waals surface area contributed by atoms with Gasteiger partial charge < -0.3 is 4.74 Å². The van der Waals surface area contributed by atoms with Gasteiger partial charge in [0, 0.05) is 6.42 Å². The molecule has 1 aliphatic rings. The summed E-state index contributed by atoms with van der Waals surface area (Å²) in [4.78, 5) is 23.5. The van der Waals surface area contributed by atoms with Crippen LogP contribution in [0.3, 0.4) is 0 Å². The maximum atomic E-state index is 12.0. The molecule has 0 amide bonds. The first-order chi connectivity index (χ1) is 9.77. The second-order valence-corrected chi connectivity index (χ2v) is 5.01. The number of allylic oxidation sites excluding steroid dienone is 1. The lowest BCUT2D eigenvalue weighted by Gasteiger charge is -2.09. The maximum Gasteiger partial charge on any atom is 0.338 e. The maximum absolute atomic E-state index is 12.0. The molecule has 0 radical (unpaired) electrons. The molecule has 0 fully saturated rings. The highest BCUT2D eigenvalue weighted by atomic mass is 16.5. The zero-order valence-electron chi connectivity index (χ0n) is 11.6. The number of benzene rings is 1. The number of hydrogen-bond acceptors (Lipinski definition) is 3. The summed E-state index contributed by atoms with van der Waals surface area (Å²) >= 11 is 0. The van der Waals surface area contributed by atoms with Crippen molar-refractivity contribution in [2.75, 3.05) is 6.61 Å². The van der Waals surface area contributed by atoms with Gasteiger partial charge in [-0.3, -0.25) is 4.79 Å². The van der Waals surface area contributed by atoms with E-state index in [0.29, 0.717) is 25.0 Å². The molecule has 0 aromatic heterocycles. The molecular weight excluding hydrogens is 252 g/mol. The average Bonchev–Trinajstić information content (AvgIpc) is 2.46. The predicted octanol–water partition coefficient (Wildman–Crippen LogP) is 3.48. The first-order valence-electron chi connectivity index (χ1n) is 7.22. The molecule has 0 bridgehead atoms. The van der Waals surface area contributed by atoms with Gasteiger partial charge in [-0.25, -0.2) is 4.79 Å². The fourth-order valence-electron chi connectivity index (χ4n) is 2.32. The SMILES string of the molecule is O=C1C=CCCOC(=O)c2ccccc2CCCCC1. The summed E-state index contributed by atoms with van der Waals surface area (Å²) in [5.74, 6) is -0.105. The summed E-state index contributed by atoms with van der Waals surface area (Å²) in [6.07, 6.45) is 8.34. The minimum Gasteiger partial charge on any atom is -0.462 e. The molecule has 0 aliphatic carbocycles. The zero-order valence-corrected chi connectivity index (χ0v) is 11.6. The number of carbonyl (C=O) groups is 2. The van der Waals surface area contributed by atoms with Gasteiger partial charge in [0.05, 0.1) is 12.2 Å². The fourth-order valence-corrected chi connectivity index (χ4v) is 2.32. The van der Waals surface area contributed by atoms with Crippen molar-refractivity contribution >= 4 is 11.8 Å². The van der Waals surface area contributed by atoms with Gasteiger partial charge in [-0.2, -0.15) is 0 Å². The third-order valence-corrected chi connectivity index (χ3v) is 3.43. The van der Waals surface area contributed by atoms with Gasteiger partial charge in [0.25, 0.3) is 0 Å². The van der Waals surface area contributed by atoms with Gasteiger partial charge >= 0.3 is 5.97 Å². The molecule has 0 N–H and O–H groups in total. The number of ether oxygens (including phenoxy) is 1. The van der Waals surface area contributed by atoms with Crippen molar-refractivity contribution in [2.24, 2.45) is 0 Å². The minimum atomic E-state index is -0.266. The van der Waals surface area contributed by atoms with E-state index in [2.05, 4.69) is 0 Å². The Hall–Kier alpha value is -1.90. The van der Waals surface area contributed by atoms with Crippen molar-refractivity contribution in [2.45, 2.75) is 38.5 Å². The molecule has 1 heterocycles. The molecular formula is C17H20O3. The summed E-state index contributed by atoms with van der Waals surface area (Å²) in [6, 6.07) is 7.61. The normalized spacial score (nSPS) is 18.0. The van der Waals surface area contributed by atoms with E-state index < -0.39 is 0 Å². The van der Waals surface area contributed by atoms with E-state index in [9.17, 15) is 9.59 Å². The van der Waals surface area contributed by atoms with Crippen LogP contribution in [0.15, 0.2) is 36.4 Å². The molecule has 0 spiro atoms. The molecule has 2 rings (SSSR count). The number of hydrogen-bond donors (Lipinski definition) is 0. The van der Waals surface area contributed by atoms with E-state index >= 15 is 0 Å². The monoisotopic (exact) mass is 272 g/mol. The quantitative estimate of drug-likeness (QED) is 0.679. The van der Waals surface area contributed by atoms with E-state index in [1.54, 1.807) is 12.2 Å². The van der Waals surface area contributed by atoms with Crippen LogP contribution in [0.5, 0.6) is 0 Å². The van der Waals surface area contributed by atoms with Crippen LogP contribution in [0.25, 0.3) is 0 Å². The van der Waals surface area contributed by atoms with Crippen LogP contribution in [0.2, 0.25) is 0 Å². The Balaban J connectivity index is 2.08. The Labute approximate surface area is 119 Å². The zero-order chi connectivity index (χ0) is 14.2. The first-order valence-corrected chi connectivity index (χ1v) is 7.22. The number of carbonyl (C=O) groups excluding carboxylic acids is 2. The largest absolute Gasteiger partial charge is 0.462 e. The van der Waals surface area contributed by atoms with Crippen molar-refractivity contribution in [1.29, 1.82) is 0 Å². The standard InChI is InChI=1S/C17H20O3/c18-15-10-3-1-2-8-14-9-4-5-12-16(14)17(19)20-13-7-6-11-15/h4-6,9,11-12H,1-3,7-8,10,13H2. The van der Waals surface area contributed by atoms with E-state index in [1.807, 2.05) is 24.3 Å². The van der Waals surface area contributed by atoms with Gasteiger partial charge in [0.1, 0.15) is 0 Å². The number of ketones is 1. The lowest BCUT2D eigenvalue weighted by Crippen LogP contribution is -2.09. The highest BCUT2D eigenvalue weighted by Crippen LogP contribution is 2.15. The average molecular weight is 272 g/mol. The van der Waals surface area contributed by atoms with Gasteiger partial charge in [-0.1, -0.05) is 30.7 Å². The van der Waals surface area contributed by atoms with E-state index in [0.717, 1.165) is 31.2 Å². The molecule has 1 aromatic carbocycles. The summed E-state index contributed by atoms with van der Waals surface area (Å²) in [6.45, 7) is 0.316.